The Hall–Kier alpha value is 0.400. The van der Waals surface area contributed by atoms with Crippen LogP contribution in [0.25, 0.3) is 0 Å². The minimum Gasteiger partial charge on any atom is -0.369 e. The van der Waals surface area contributed by atoms with Gasteiger partial charge in [0.1, 0.15) is 0 Å². The summed E-state index contributed by atoms with van der Waals surface area (Å²) in [7, 11) is 0. The van der Waals surface area contributed by atoms with Gasteiger partial charge < -0.3 is 4.74 Å². The predicted molar refractivity (Wildman–Crippen MR) is 73.3 cm³/mol. The standard InChI is InChI=1S/C13H26BrNO/c1-4-5-6-7-8-15-10-12(9-14)16-13(2,3)11-15/h12H,4-11H2,1-3H3. The van der Waals surface area contributed by atoms with Crippen molar-refractivity contribution < 1.29 is 4.74 Å². The first-order valence-electron chi connectivity index (χ1n) is 6.53. The van der Waals surface area contributed by atoms with E-state index in [0.717, 1.165) is 18.4 Å². The Morgan fingerprint density at radius 3 is 2.69 bits per heavy atom. The Morgan fingerprint density at radius 2 is 2.06 bits per heavy atom. The van der Waals surface area contributed by atoms with Crippen molar-refractivity contribution in [2.75, 3.05) is 25.0 Å². The van der Waals surface area contributed by atoms with Crippen molar-refractivity contribution in [2.45, 2.75) is 58.2 Å². The monoisotopic (exact) mass is 291 g/mol. The molecule has 0 N–H and O–H groups in total. The first kappa shape index (κ1) is 14.5. The molecular formula is C13H26BrNO. The van der Waals surface area contributed by atoms with E-state index < -0.39 is 0 Å². The molecule has 1 fully saturated rings. The smallest absolute Gasteiger partial charge is 0.0806 e. The van der Waals surface area contributed by atoms with Crippen LogP contribution in [0.1, 0.15) is 46.5 Å². The Morgan fingerprint density at radius 1 is 1.31 bits per heavy atom. The number of rotatable bonds is 6. The van der Waals surface area contributed by atoms with E-state index in [4.69, 9.17) is 4.74 Å². The van der Waals surface area contributed by atoms with Crippen molar-refractivity contribution in [3.05, 3.63) is 0 Å². The van der Waals surface area contributed by atoms with Crippen LogP contribution in [0.4, 0.5) is 0 Å². The number of hydrogen-bond acceptors (Lipinski definition) is 2. The van der Waals surface area contributed by atoms with Gasteiger partial charge >= 0.3 is 0 Å². The number of unbranched alkanes of at least 4 members (excludes halogenated alkanes) is 3. The lowest BCUT2D eigenvalue weighted by atomic mass is 10.0. The maximum atomic E-state index is 5.99. The zero-order valence-electron chi connectivity index (χ0n) is 11.0. The summed E-state index contributed by atoms with van der Waals surface area (Å²) in [4.78, 5) is 2.56. The van der Waals surface area contributed by atoms with Crippen molar-refractivity contribution in [3.8, 4) is 0 Å². The number of ether oxygens (including phenoxy) is 1. The highest BCUT2D eigenvalue weighted by Gasteiger charge is 2.32. The zero-order valence-corrected chi connectivity index (χ0v) is 12.6. The molecule has 2 nitrogen and oxygen atoms in total. The van der Waals surface area contributed by atoms with Gasteiger partial charge in [-0.15, -0.1) is 0 Å². The number of morpholine rings is 1. The van der Waals surface area contributed by atoms with Crippen LogP contribution in [0.2, 0.25) is 0 Å². The van der Waals surface area contributed by atoms with Gasteiger partial charge in [0.25, 0.3) is 0 Å². The van der Waals surface area contributed by atoms with Gasteiger partial charge in [0.05, 0.1) is 11.7 Å². The highest BCUT2D eigenvalue weighted by atomic mass is 79.9. The van der Waals surface area contributed by atoms with E-state index in [0.29, 0.717) is 6.10 Å². The highest BCUT2D eigenvalue weighted by molar-refractivity contribution is 9.09. The van der Waals surface area contributed by atoms with Crippen LogP contribution in [0.15, 0.2) is 0 Å². The van der Waals surface area contributed by atoms with Crippen molar-refractivity contribution >= 4 is 15.9 Å². The Balaban J connectivity index is 2.29. The largest absolute Gasteiger partial charge is 0.369 e. The van der Waals surface area contributed by atoms with Crippen LogP contribution in [0.5, 0.6) is 0 Å². The van der Waals surface area contributed by atoms with Gasteiger partial charge in [0, 0.05) is 18.4 Å². The maximum Gasteiger partial charge on any atom is 0.0806 e. The fourth-order valence-corrected chi connectivity index (χ4v) is 2.77. The molecule has 1 atom stereocenters. The fourth-order valence-electron chi connectivity index (χ4n) is 2.43. The van der Waals surface area contributed by atoms with Crippen molar-refractivity contribution in [1.82, 2.24) is 4.90 Å². The summed E-state index contributed by atoms with van der Waals surface area (Å²) in [6.45, 7) is 10.0. The lowest BCUT2D eigenvalue weighted by Crippen LogP contribution is -2.53. The van der Waals surface area contributed by atoms with Gasteiger partial charge in [-0.05, 0) is 26.8 Å². The molecular weight excluding hydrogens is 266 g/mol. The molecule has 1 rings (SSSR count). The normalized spacial score (nSPS) is 25.9. The van der Waals surface area contributed by atoms with Crippen LogP contribution in [0, 0.1) is 0 Å². The average molecular weight is 292 g/mol. The summed E-state index contributed by atoms with van der Waals surface area (Å²) in [5.41, 5.74) is 0.0153. The average Bonchev–Trinajstić information content (AvgIpc) is 2.22. The summed E-state index contributed by atoms with van der Waals surface area (Å²) in [5, 5.41) is 0.946. The van der Waals surface area contributed by atoms with E-state index in [2.05, 4.69) is 41.6 Å². The minimum atomic E-state index is 0.0153. The van der Waals surface area contributed by atoms with E-state index >= 15 is 0 Å². The second-order valence-corrected chi connectivity index (χ2v) is 6.10. The van der Waals surface area contributed by atoms with Crippen LogP contribution >= 0.6 is 15.9 Å². The van der Waals surface area contributed by atoms with Gasteiger partial charge in [-0.2, -0.15) is 0 Å². The van der Waals surface area contributed by atoms with Gasteiger partial charge in [0.15, 0.2) is 0 Å². The van der Waals surface area contributed by atoms with Gasteiger partial charge in [-0.25, -0.2) is 0 Å². The molecule has 16 heavy (non-hydrogen) atoms. The second kappa shape index (κ2) is 6.97. The molecule has 1 unspecified atom stereocenters. The number of nitrogens with zero attached hydrogens (tertiary/aromatic N) is 1. The molecule has 3 heteroatoms. The molecule has 1 aliphatic heterocycles. The SMILES string of the molecule is CCCCCCN1CC(CBr)OC(C)(C)C1. The molecule has 0 aliphatic carbocycles. The third-order valence-corrected chi connectivity index (χ3v) is 3.77. The predicted octanol–water partition coefficient (Wildman–Crippen LogP) is 3.44. The zero-order chi connectivity index (χ0) is 12.0. The molecule has 0 aromatic rings. The fraction of sp³-hybridized carbons (Fsp3) is 1.00. The van der Waals surface area contributed by atoms with Crippen molar-refractivity contribution in [1.29, 1.82) is 0 Å². The Kier molecular flexibility index (Phi) is 6.30. The van der Waals surface area contributed by atoms with E-state index in [1.54, 1.807) is 0 Å². The molecule has 1 heterocycles. The van der Waals surface area contributed by atoms with Gasteiger partial charge in [0.2, 0.25) is 0 Å². The molecule has 0 bridgehead atoms. The molecule has 0 amide bonds. The van der Waals surface area contributed by atoms with Crippen molar-refractivity contribution in [3.63, 3.8) is 0 Å². The second-order valence-electron chi connectivity index (χ2n) is 5.45. The Labute approximate surface area is 109 Å². The van der Waals surface area contributed by atoms with Crippen LogP contribution in [-0.4, -0.2) is 41.6 Å². The summed E-state index contributed by atoms with van der Waals surface area (Å²) in [5.74, 6) is 0. The van der Waals surface area contributed by atoms with Crippen LogP contribution in [0.3, 0.4) is 0 Å². The highest BCUT2D eigenvalue weighted by Crippen LogP contribution is 2.22. The maximum absolute atomic E-state index is 5.99. The minimum absolute atomic E-state index is 0.0153. The number of hydrogen-bond donors (Lipinski definition) is 0. The summed E-state index contributed by atoms with van der Waals surface area (Å²) in [6, 6.07) is 0. The first-order valence-corrected chi connectivity index (χ1v) is 7.65. The first-order chi connectivity index (χ1) is 7.57. The lowest BCUT2D eigenvalue weighted by Gasteiger charge is -2.42. The van der Waals surface area contributed by atoms with Crippen molar-refractivity contribution in [2.24, 2.45) is 0 Å². The molecule has 1 saturated heterocycles. The molecule has 1 aliphatic rings. The quantitative estimate of drug-likeness (QED) is 0.549. The van der Waals surface area contributed by atoms with Gasteiger partial charge in [-0.3, -0.25) is 4.90 Å². The molecule has 0 aromatic carbocycles. The van der Waals surface area contributed by atoms with Gasteiger partial charge in [-0.1, -0.05) is 42.1 Å². The summed E-state index contributed by atoms with van der Waals surface area (Å²) < 4.78 is 5.99. The number of alkyl halides is 1. The van der Waals surface area contributed by atoms with E-state index in [1.807, 2.05) is 0 Å². The van der Waals surface area contributed by atoms with E-state index in [-0.39, 0.29) is 5.60 Å². The molecule has 0 spiro atoms. The van der Waals surface area contributed by atoms with Crippen LogP contribution < -0.4 is 0 Å². The summed E-state index contributed by atoms with van der Waals surface area (Å²) >= 11 is 3.53. The topological polar surface area (TPSA) is 12.5 Å². The Bertz CT molecular complexity index is 196. The molecule has 96 valence electrons. The molecule has 0 radical (unpaired) electrons. The molecule has 0 aromatic heterocycles. The van der Waals surface area contributed by atoms with E-state index in [9.17, 15) is 0 Å². The summed E-state index contributed by atoms with van der Waals surface area (Å²) in [6.07, 6.45) is 5.75. The van der Waals surface area contributed by atoms with E-state index in [1.165, 1.54) is 32.2 Å². The third kappa shape index (κ3) is 5.15. The van der Waals surface area contributed by atoms with Crippen LogP contribution in [-0.2, 0) is 4.74 Å². The molecule has 0 saturated carbocycles. The number of halogens is 1. The lowest BCUT2D eigenvalue weighted by molar-refractivity contribution is -0.126. The third-order valence-electron chi connectivity index (χ3n) is 3.05.